The number of carboxylic acids is 1. The summed E-state index contributed by atoms with van der Waals surface area (Å²) in [5.41, 5.74) is 4.23. The Labute approximate surface area is 106 Å². The zero-order valence-corrected chi connectivity index (χ0v) is 9.76. The van der Waals surface area contributed by atoms with E-state index in [2.05, 4.69) is 4.98 Å². The highest BCUT2D eigenvalue weighted by atomic mass is 16.5. The molecule has 0 aliphatic carbocycles. The molecule has 0 amide bonds. The summed E-state index contributed by atoms with van der Waals surface area (Å²) in [6.45, 7) is -0.402. The van der Waals surface area contributed by atoms with E-state index < -0.39 is 36.7 Å². The minimum Gasteiger partial charge on any atom is -0.478 e. The SMILES string of the molecule is Nc1nc(=O)n([C@H]2CC(O)[C@@H](CO)O2)cc1C(=O)O. The van der Waals surface area contributed by atoms with Gasteiger partial charge in [-0.2, -0.15) is 4.98 Å². The maximum absolute atomic E-state index is 11.7. The number of hydrogen-bond donors (Lipinski definition) is 4. The average Bonchev–Trinajstić information content (AvgIpc) is 2.69. The predicted molar refractivity (Wildman–Crippen MR) is 61.5 cm³/mol. The Morgan fingerprint density at radius 2 is 2.32 bits per heavy atom. The molecule has 104 valence electrons. The summed E-state index contributed by atoms with van der Waals surface area (Å²) in [7, 11) is 0. The van der Waals surface area contributed by atoms with Gasteiger partial charge < -0.3 is 25.8 Å². The van der Waals surface area contributed by atoms with Crippen molar-refractivity contribution in [3.63, 3.8) is 0 Å². The fourth-order valence-corrected chi connectivity index (χ4v) is 1.90. The van der Waals surface area contributed by atoms with Gasteiger partial charge in [0, 0.05) is 12.6 Å². The Morgan fingerprint density at radius 1 is 1.63 bits per heavy atom. The summed E-state index contributed by atoms with van der Waals surface area (Å²) in [6.07, 6.45) is -1.57. The Morgan fingerprint density at radius 3 is 2.84 bits per heavy atom. The van der Waals surface area contributed by atoms with Crippen molar-refractivity contribution in [3.05, 3.63) is 22.2 Å². The van der Waals surface area contributed by atoms with Gasteiger partial charge in [-0.3, -0.25) is 4.57 Å². The first-order valence-corrected chi connectivity index (χ1v) is 5.50. The minimum absolute atomic E-state index is 0.0514. The van der Waals surface area contributed by atoms with Crippen molar-refractivity contribution in [2.75, 3.05) is 12.3 Å². The number of nitrogens with zero attached hydrogens (tertiary/aromatic N) is 2. The standard InChI is InChI=1S/C10H13N3O6/c11-8-4(9(16)17)2-13(10(18)12-8)7-1-5(15)6(3-14)19-7/h2,5-7,14-15H,1,3H2,(H,16,17)(H2,11,12,18)/t5?,6-,7-/m1/s1. The van der Waals surface area contributed by atoms with Crippen LogP contribution in [-0.2, 0) is 4.74 Å². The van der Waals surface area contributed by atoms with Crippen LogP contribution in [0.3, 0.4) is 0 Å². The van der Waals surface area contributed by atoms with Crippen molar-refractivity contribution in [1.29, 1.82) is 0 Å². The van der Waals surface area contributed by atoms with Gasteiger partial charge in [-0.1, -0.05) is 0 Å². The van der Waals surface area contributed by atoms with Gasteiger partial charge in [0.2, 0.25) is 0 Å². The lowest BCUT2D eigenvalue weighted by atomic mass is 10.2. The van der Waals surface area contributed by atoms with Crippen LogP contribution in [0.4, 0.5) is 5.82 Å². The van der Waals surface area contributed by atoms with E-state index in [9.17, 15) is 14.7 Å². The summed E-state index contributed by atoms with van der Waals surface area (Å²) in [5, 5.41) is 27.4. The van der Waals surface area contributed by atoms with Gasteiger partial charge in [0.05, 0.1) is 12.7 Å². The number of carbonyl (C=O) groups is 1. The molecule has 2 heterocycles. The van der Waals surface area contributed by atoms with E-state index in [0.29, 0.717) is 0 Å². The fourth-order valence-electron chi connectivity index (χ4n) is 1.90. The largest absolute Gasteiger partial charge is 0.478 e. The van der Waals surface area contributed by atoms with E-state index >= 15 is 0 Å². The van der Waals surface area contributed by atoms with Gasteiger partial charge in [-0.05, 0) is 0 Å². The topological polar surface area (TPSA) is 148 Å². The van der Waals surface area contributed by atoms with Gasteiger partial charge in [-0.15, -0.1) is 0 Å². The molecule has 0 spiro atoms. The highest BCUT2D eigenvalue weighted by Gasteiger charge is 2.35. The van der Waals surface area contributed by atoms with Gasteiger partial charge in [-0.25, -0.2) is 9.59 Å². The molecule has 3 atom stereocenters. The zero-order chi connectivity index (χ0) is 14.2. The summed E-state index contributed by atoms with van der Waals surface area (Å²) >= 11 is 0. The number of hydrogen-bond acceptors (Lipinski definition) is 7. The van der Waals surface area contributed by atoms with Crippen molar-refractivity contribution in [2.24, 2.45) is 0 Å². The molecule has 1 aromatic rings. The molecular formula is C10H13N3O6. The highest BCUT2D eigenvalue weighted by Crippen LogP contribution is 2.27. The number of anilines is 1. The summed E-state index contributed by atoms with van der Waals surface area (Å²) in [4.78, 5) is 26.0. The van der Waals surface area contributed by atoms with Crippen molar-refractivity contribution in [2.45, 2.75) is 24.9 Å². The van der Waals surface area contributed by atoms with Crippen molar-refractivity contribution >= 4 is 11.8 Å². The molecule has 0 saturated carbocycles. The molecule has 1 aliphatic rings. The maximum Gasteiger partial charge on any atom is 0.351 e. The van der Waals surface area contributed by atoms with Gasteiger partial charge in [0.25, 0.3) is 0 Å². The van der Waals surface area contributed by atoms with Crippen LogP contribution < -0.4 is 11.4 Å². The van der Waals surface area contributed by atoms with Crippen LogP contribution in [0.2, 0.25) is 0 Å². The van der Waals surface area contributed by atoms with Gasteiger partial charge >= 0.3 is 11.7 Å². The van der Waals surface area contributed by atoms with Crippen LogP contribution >= 0.6 is 0 Å². The molecule has 1 unspecified atom stereocenters. The highest BCUT2D eigenvalue weighted by molar-refractivity contribution is 5.92. The molecule has 9 nitrogen and oxygen atoms in total. The molecule has 2 rings (SSSR count). The second-order valence-corrected chi connectivity index (χ2v) is 4.15. The average molecular weight is 271 g/mol. The summed E-state index contributed by atoms with van der Waals surface area (Å²) < 4.78 is 6.20. The fraction of sp³-hybridized carbons (Fsp3) is 0.500. The number of nitrogen functional groups attached to an aromatic ring is 1. The second kappa shape index (κ2) is 4.96. The van der Waals surface area contributed by atoms with Crippen LogP contribution in [0.5, 0.6) is 0 Å². The quantitative estimate of drug-likeness (QED) is 0.501. The number of rotatable bonds is 3. The third kappa shape index (κ3) is 2.43. The summed E-state index contributed by atoms with van der Waals surface area (Å²) in [5.74, 6) is -1.71. The van der Waals surface area contributed by atoms with Crippen molar-refractivity contribution < 1.29 is 24.9 Å². The normalized spacial score (nSPS) is 26.5. The van der Waals surface area contributed by atoms with Crippen LogP contribution in [0.25, 0.3) is 0 Å². The van der Waals surface area contributed by atoms with Crippen LogP contribution in [0.1, 0.15) is 23.0 Å². The Hall–Kier alpha value is -1.97. The maximum atomic E-state index is 11.7. The number of aromatic nitrogens is 2. The number of carboxylic acid groups (broad SMARTS) is 1. The monoisotopic (exact) mass is 271 g/mol. The molecule has 19 heavy (non-hydrogen) atoms. The van der Waals surface area contributed by atoms with E-state index in [-0.39, 0.29) is 17.8 Å². The van der Waals surface area contributed by atoms with E-state index in [1.54, 1.807) is 0 Å². The first kappa shape index (κ1) is 13.5. The third-order valence-corrected chi connectivity index (χ3v) is 2.91. The van der Waals surface area contributed by atoms with Gasteiger partial charge in [0.1, 0.15) is 23.7 Å². The van der Waals surface area contributed by atoms with E-state index in [0.717, 1.165) is 10.8 Å². The molecule has 1 fully saturated rings. The number of ether oxygens (including phenoxy) is 1. The van der Waals surface area contributed by atoms with Crippen LogP contribution in [0, 0.1) is 0 Å². The second-order valence-electron chi connectivity index (χ2n) is 4.15. The van der Waals surface area contributed by atoms with E-state index in [4.69, 9.17) is 20.7 Å². The van der Waals surface area contributed by atoms with Crippen LogP contribution in [-0.4, -0.2) is 49.7 Å². The first-order chi connectivity index (χ1) is 8.93. The molecule has 1 aromatic heterocycles. The Balaban J connectivity index is 2.38. The third-order valence-electron chi connectivity index (χ3n) is 2.91. The molecule has 0 aromatic carbocycles. The number of aromatic carboxylic acids is 1. The lowest BCUT2D eigenvalue weighted by Gasteiger charge is -2.15. The predicted octanol–water partition coefficient (Wildman–Crippen LogP) is -1.84. The smallest absolute Gasteiger partial charge is 0.351 e. The zero-order valence-electron chi connectivity index (χ0n) is 9.76. The molecule has 5 N–H and O–H groups in total. The molecule has 9 heteroatoms. The van der Waals surface area contributed by atoms with E-state index in [1.165, 1.54) is 0 Å². The van der Waals surface area contributed by atoms with Gasteiger partial charge in [0.15, 0.2) is 0 Å². The first-order valence-electron chi connectivity index (χ1n) is 5.50. The van der Waals surface area contributed by atoms with Crippen molar-refractivity contribution in [3.8, 4) is 0 Å². The number of nitrogens with two attached hydrogens (primary N) is 1. The molecule has 1 aliphatic heterocycles. The lowest BCUT2D eigenvalue weighted by Crippen LogP contribution is -2.30. The number of aliphatic hydroxyl groups is 2. The summed E-state index contributed by atoms with van der Waals surface area (Å²) in [6, 6.07) is 0. The lowest BCUT2D eigenvalue weighted by molar-refractivity contribution is -0.0459. The molecule has 0 radical (unpaired) electrons. The molecule has 1 saturated heterocycles. The minimum atomic E-state index is -1.32. The van der Waals surface area contributed by atoms with Crippen molar-refractivity contribution in [1.82, 2.24) is 9.55 Å². The Bertz CT molecular complexity index is 557. The van der Waals surface area contributed by atoms with Crippen LogP contribution in [0.15, 0.2) is 11.0 Å². The molecular weight excluding hydrogens is 258 g/mol. The molecule has 0 bridgehead atoms. The van der Waals surface area contributed by atoms with E-state index in [1.807, 2.05) is 0 Å². The number of aliphatic hydroxyl groups excluding tert-OH is 2. The Kier molecular flexibility index (Phi) is 3.51.